The van der Waals surface area contributed by atoms with Crippen LogP contribution in [0.1, 0.15) is 58.8 Å². The summed E-state index contributed by atoms with van der Waals surface area (Å²) in [5.74, 6) is 2.46. The van der Waals surface area contributed by atoms with E-state index < -0.39 is 0 Å². The molecular weight excluding hydrogens is 384 g/mol. The van der Waals surface area contributed by atoms with Gasteiger partial charge in [-0.2, -0.15) is 10.5 Å². The topological polar surface area (TPSA) is 60.5 Å². The molecule has 3 rings (SSSR count). The monoisotopic (exact) mass is 426 g/mol. The second-order valence-corrected chi connectivity index (χ2v) is 10.1. The largest absolute Gasteiger partial charge is 0.355 e. The predicted molar refractivity (Wildman–Crippen MR) is 125 cm³/mol. The summed E-state index contributed by atoms with van der Waals surface area (Å²) in [4.78, 5) is 9.79. The van der Waals surface area contributed by atoms with Gasteiger partial charge in [0.25, 0.3) is 0 Å². The highest BCUT2D eigenvalue weighted by Gasteiger charge is 2.28. The van der Waals surface area contributed by atoms with Crippen molar-refractivity contribution in [3.8, 4) is 12.1 Å². The number of allylic oxidation sites excluding steroid dienone is 1. The Labute approximate surface area is 190 Å². The van der Waals surface area contributed by atoms with Gasteiger partial charge in [0.1, 0.15) is 18.0 Å². The summed E-state index contributed by atoms with van der Waals surface area (Å²) < 4.78 is 0. The van der Waals surface area contributed by atoms with Crippen molar-refractivity contribution in [2.75, 3.05) is 65.4 Å². The number of rotatable bonds is 8. The van der Waals surface area contributed by atoms with Crippen LogP contribution >= 0.6 is 0 Å². The first-order valence-electron chi connectivity index (χ1n) is 12.6. The Morgan fingerprint density at radius 3 is 1.77 bits per heavy atom. The van der Waals surface area contributed by atoms with Gasteiger partial charge in [0, 0.05) is 39.3 Å². The number of hydrogen-bond donors (Lipinski definition) is 0. The molecule has 3 fully saturated rings. The van der Waals surface area contributed by atoms with Gasteiger partial charge in [-0.25, -0.2) is 0 Å². The highest BCUT2D eigenvalue weighted by Crippen LogP contribution is 2.24. The van der Waals surface area contributed by atoms with Crippen molar-refractivity contribution in [1.82, 2.24) is 19.6 Å². The van der Waals surface area contributed by atoms with Crippen LogP contribution in [0.2, 0.25) is 0 Å². The molecule has 0 saturated carbocycles. The van der Waals surface area contributed by atoms with E-state index in [1.807, 2.05) is 0 Å². The van der Waals surface area contributed by atoms with Crippen LogP contribution in [0.3, 0.4) is 0 Å². The molecule has 6 nitrogen and oxygen atoms in total. The molecule has 0 amide bonds. The van der Waals surface area contributed by atoms with Crippen LogP contribution < -0.4 is 0 Å². The third-order valence-corrected chi connectivity index (χ3v) is 7.13. The first kappa shape index (κ1) is 23.9. The normalized spacial score (nSPS) is 25.9. The van der Waals surface area contributed by atoms with E-state index in [1.165, 1.54) is 58.3 Å². The van der Waals surface area contributed by atoms with Crippen LogP contribution in [0.5, 0.6) is 0 Å². The maximum atomic E-state index is 9.57. The molecule has 3 saturated heterocycles. The van der Waals surface area contributed by atoms with Crippen molar-refractivity contribution < 1.29 is 0 Å². The Bertz CT molecular complexity index is 640. The number of hydrogen-bond acceptors (Lipinski definition) is 6. The Morgan fingerprint density at radius 2 is 1.26 bits per heavy atom. The molecule has 6 heteroatoms. The fourth-order valence-corrected chi connectivity index (χ4v) is 5.83. The predicted octanol–water partition coefficient (Wildman–Crippen LogP) is 3.50. The summed E-state index contributed by atoms with van der Waals surface area (Å²) in [5, 5.41) is 19.1. The van der Waals surface area contributed by atoms with Crippen molar-refractivity contribution in [3.05, 3.63) is 11.4 Å². The quantitative estimate of drug-likeness (QED) is 0.554. The second kappa shape index (κ2) is 12.3. The molecule has 172 valence electrons. The molecule has 3 heterocycles. The van der Waals surface area contributed by atoms with Crippen LogP contribution in [0.4, 0.5) is 0 Å². The van der Waals surface area contributed by atoms with Gasteiger partial charge < -0.3 is 19.6 Å². The van der Waals surface area contributed by atoms with Crippen LogP contribution in [0, 0.1) is 34.5 Å². The van der Waals surface area contributed by atoms with E-state index in [0.29, 0.717) is 0 Å². The summed E-state index contributed by atoms with van der Waals surface area (Å²) in [7, 11) is 0. The zero-order chi connectivity index (χ0) is 22.1. The SMILES string of the molecule is CC1CC(C)CN(CCCN2CCN(CCCN3CCCCCC3)C2=C(C#N)C#N)C1. The van der Waals surface area contributed by atoms with Crippen molar-refractivity contribution in [3.63, 3.8) is 0 Å². The lowest BCUT2D eigenvalue weighted by Gasteiger charge is -2.35. The Morgan fingerprint density at radius 1 is 0.742 bits per heavy atom. The molecule has 2 atom stereocenters. The standard InChI is InChI=1S/C25H42N6/c1-22-17-23(2)21-29(20-22)12-8-14-31-16-15-30(25(31)24(18-26)19-27)13-7-11-28-9-5-3-4-6-10-28/h22-23H,3-17,20-21H2,1-2H3. The molecule has 0 aliphatic carbocycles. The average Bonchev–Trinajstić information content (AvgIpc) is 2.95. The molecular formula is C25H42N6. The zero-order valence-electron chi connectivity index (χ0n) is 19.9. The fraction of sp³-hybridized carbons (Fsp3) is 0.840. The van der Waals surface area contributed by atoms with E-state index in [0.717, 1.165) is 69.8 Å². The van der Waals surface area contributed by atoms with E-state index in [9.17, 15) is 10.5 Å². The molecule has 3 aliphatic rings. The maximum Gasteiger partial charge on any atom is 0.169 e. The van der Waals surface area contributed by atoms with E-state index in [2.05, 4.69) is 45.6 Å². The van der Waals surface area contributed by atoms with Crippen molar-refractivity contribution in [2.45, 2.75) is 58.8 Å². The summed E-state index contributed by atoms with van der Waals surface area (Å²) in [6, 6.07) is 4.33. The molecule has 0 spiro atoms. The first-order chi connectivity index (χ1) is 15.1. The number of piperidine rings is 1. The van der Waals surface area contributed by atoms with Gasteiger partial charge in [-0.3, -0.25) is 0 Å². The van der Waals surface area contributed by atoms with Gasteiger partial charge in [-0.1, -0.05) is 26.7 Å². The van der Waals surface area contributed by atoms with Crippen LogP contribution in [0.25, 0.3) is 0 Å². The highest BCUT2D eigenvalue weighted by atomic mass is 15.4. The summed E-state index contributed by atoms with van der Waals surface area (Å²) in [6.45, 7) is 15.6. The zero-order valence-corrected chi connectivity index (χ0v) is 19.9. The molecule has 0 bridgehead atoms. The van der Waals surface area contributed by atoms with Gasteiger partial charge in [-0.15, -0.1) is 0 Å². The van der Waals surface area contributed by atoms with E-state index >= 15 is 0 Å². The van der Waals surface area contributed by atoms with E-state index in [-0.39, 0.29) is 5.57 Å². The van der Waals surface area contributed by atoms with Crippen molar-refractivity contribution in [2.24, 2.45) is 11.8 Å². The van der Waals surface area contributed by atoms with Gasteiger partial charge in [0.15, 0.2) is 5.57 Å². The Hall–Kier alpha value is -1.76. The van der Waals surface area contributed by atoms with E-state index in [1.54, 1.807) is 0 Å². The third kappa shape index (κ3) is 7.13. The van der Waals surface area contributed by atoms with Crippen LogP contribution in [-0.2, 0) is 0 Å². The number of nitrogens with zero attached hydrogens (tertiary/aromatic N) is 6. The smallest absolute Gasteiger partial charge is 0.169 e. The van der Waals surface area contributed by atoms with Crippen LogP contribution in [-0.4, -0.2) is 85.0 Å². The number of likely N-dealkylation sites (tertiary alicyclic amines) is 2. The molecule has 3 aliphatic heterocycles. The Kier molecular flexibility index (Phi) is 9.50. The minimum absolute atomic E-state index is 0.285. The Balaban J connectivity index is 1.50. The summed E-state index contributed by atoms with van der Waals surface area (Å²) >= 11 is 0. The molecule has 31 heavy (non-hydrogen) atoms. The fourth-order valence-electron chi connectivity index (χ4n) is 5.83. The van der Waals surface area contributed by atoms with Crippen molar-refractivity contribution >= 4 is 0 Å². The van der Waals surface area contributed by atoms with Gasteiger partial charge in [0.2, 0.25) is 0 Å². The number of nitriles is 2. The molecule has 2 unspecified atom stereocenters. The summed E-state index contributed by atoms with van der Waals surface area (Å²) in [5.41, 5.74) is 0.285. The second-order valence-electron chi connectivity index (χ2n) is 10.1. The minimum atomic E-state index is 0.285. The average molecular weight is 427 g/mol. The lowest BCUT2D eigenvalue weighted by molar-refractivity contribution is 0.136. The molecule has 0 aromatic rings. The first-order valence-corrected chi connectivity index (χ1v) is 12.6. The summed E-state index contributed by atoms with van der Waals surface area (Å²) in [6.07, 6.45) is 8.92. The van der Waals surface area contributed by atoms with Gasteiger partial charge >= 0.3 is 0 Å². The van der Waals surface area contributed by atoms with Gasteiger partial charge in [0.05, 0.1) is 0 Å². The molecule has 0 radical (unpaired) electrons. The molecule has 0 aromatic heterocycles. The maximum absolute atomic E-state index is 9.57. The third-order valence-electron chi connectivity index (χ3n) is 7.13. The molecule has 0 N–H and O–H groups in total. The highest BCUT2D eigenvalue weighted by molar-refractivity contribution is 5.40. The lowest BCUT2D eigenvalue weighted by atomic mass is 9.92. The van der Waals surface area contributed by atoms with Crippen molar-refractivity contribution in [1.29, 1.82) is 10.5 Å². The van der Waals surface area contributed by atoms with Gasteiger partial charge in [-0.05, 0) is 70.1 Å². The van der Waals surface area contributed by atoms with Crippen LogP contribution in [0.15, 0.2) is 11.4 Å². The van der Waals surface area contributed by atoms with E-state index in [4.69, 9.17) is 0 Å². The molecule has 0 aromatic carbocycles. The lowest BCUT2D eigenvalue weighted by Crippen LogP contribution is -2.40. The minimum Gasteiger partial charge on any atom is -0.355 e.